The highest BCUT2D eigenvalue weighted by molar-refractivity contribution is 5.93. The molecule has 0 saturated heterocycles. The SMILES string of the molecule is CC=CCOc1ccc2cc(-c3ccc(CCC)cc3)ccc2c1OC(F)F. The van der Waals surface area contributed by atoms with Gasteiger partial charge >= 0.3 is 6.61 Å². The molecule has 0 spiro atoms. The Morgan fingerprint density at radius 2 is 1.71 bits per heavy atom. The normalized spacial score (nSPS) is 11.5. The Labute approximate surface area is 164 Å². The molecule has 146 valence electrons. The zero-order chi connectivity index (χ0) is 19.9. The van der Waals surface area contributed by atoms with E-state index in [0.29, 0.717) is 17.7 Å². The van der Waals surface area contributed by atoms with Gasteiger partial charge in [-0.2, -0.15) is 8.78 Å². The molecule has 0 atom stereocenters. The standard InChI is InChI=1S/C24H24F2O2/c1-3-5-15-27-22-14-12-20-16-19(11-13-21(20)23(22)28-24(25)26)18-9-7-17(6-4-2)8-10-18/h3,5,7-14,16,24H,4,6,15H2,1-2H3. The molecule has 0 unspecified atom stereocenters. The summed E-state index contributed by atoms with van der Waals surface area (Å²) in [5, 5.41) is 1.42. The summed E-state index contributed by atoms with van der Waals surface area (Å²) in [7, 11) is 0. The lowest BCUT2D eigenvalue weighted by Crippen LogP contribution is -2.05. The van der Waals surface area contributed by atoms with Gasteiger partial charge in [0.2, 0.25) is 0 Å². The summed E-state index contributed by atoms with van der Waals surface area (Å²) in [6.45, 7) is 1.41. The minimum atomic E-state index is -2.92. The second kappa shape index (κ2) is 9.36. The Bertz CT molecular complexity index is 947. The van der Waals surface area contributed by atoms with Crippen molar-refractivity contribution < 1.29 is 18.3 Å². The fourth-order valence-electron chi connectivity index (χ4n) is 3.17. The van der Waals surface area contributed by atoms with Gasteiger partial charge in [0, 0.05) is 5.39 Å². The third-order valence-electron chi connectivity index (χ3n) is 4.54. The Kier molecular flexibility index (Phi) is 6.64. The van der Waals surface area contributed by atoms with Crippen LogP contribution >= 0.6 is 0 Å². The van der Waals surface area contributed by atoms with Crippen LogP contribution in [-0.4, -0.2) is 13.2 Å². The molecule has 0 saturated carbocycles. The second-order valence-corrected chi connectivity index (χ2v) is 6.53. The van der Waals surface area contributed by atoms with Crippen LogP contribution in [0.15, 0.2) is 66.7 Å². The lowest BCUT2D eigenvalue weighted by Gasteiger charge is -2.15. The Morgan fingerprint density at radius 3 is 2.39 bits per heavy atom. The van der Waals surface area contributed by atoms with Crippen molar-refractivity contribution in [3.8, 4) is 22.6 Å². The number of rotatable bonds is 8. The van der Waals surface area contributed by atoms with Gasteiger partial charge < -0.3 is 9.47 Å². The molecule has 0 aliphatic carbocycles. The van der Waals surface area contributed by atoms with E-state index >= 15 is 0 Å². The highest BCUT2D eigenvalue weighted by atomic mass is 19.3. The van der Waals surface area contributed by atoms with Crippen LogP contribution in [0.1, 0.15) is 25.8 Å². The molecule has 0 amide bonds. The molecule has 2 nitrogen and oxygen atoms in total. The number of halogens is 2. The second-order valence-electron chi connectivity index (χ2n) is 6.53. The number of alkyl halides is 2. The molecule has 0 aromatic heterocycles. The van der Waals surface area contributed by atoms with Gasteiger partial charge in [-0.25, -0.2) is 0 Å². The van der Waals surface area contributed by atoms with Crippen LogP contribution in [0.5, 0.6) is 11.5 Å². The smallest absolute Gasteiger partial charge is 0.387 e. The average Bonchev–Trinajstić information content (AvgIpc) is 2.70. The van der Waals surface area contributed by atoms with E-state index in [-0.39, 0.29) is 5.75 Å². The largest absolute Gasteiger partial charge is 0.486 e. The number of ether oxygens (including phenoxy) is 2. The van der Waals surface area contributed by atoms with Crippen molar-refractivity contribution in [1.82, 2.24) is 0 Å². The summed E-state index contributed by atoms with van der Waals surface area (Å²) < 4.78 is 36.3. The van der Waals surface area contributed by atoms with Crippen LogP contribution in [0.25, 0.3) is 21.9 Å². The molecular formula is C24H24F2O2. The zero-order valence-electron chi connectivity index (χ0n) is 16.1. The summed E-state index contributed by atoms with van der Waals surface area (Å²) in [5.41, 5.74) is 3.43. The first-order valence-electron chi connectivity index (χ1n) is 9.47. The topological polar surface area (TPSA) is 18.5 Å². The van der Waals surface area contributed by atoms with Gasteiger partial charge in [-0.05, 0) is 53.6 Å². The minimum absolute atomic E-state index is 0.0712. The van der Waals surface area contributed by atoms with Crippen molar-refractivity contribution in [3.05, 3.63) is 72.3 Å². The van der Waals surface area contributed by atoms with Crippen LogP contribution < -0.4 is 9.47 Å². The first-order chi connectivity index (χ1) is 13.6. The number of hydrogen-bond acceptors (Lipinski definition) is 2. The van der Waals surface area contributed by atoms with Crippen LogP contribution in [0, 0.1) is 0 Å². The van der Waals surface area contributed by atoms with Crippen molar-refractivity contribution in [2.24, 2.45) is 0 Å². The van der Waals surface area contributed by atoms with Crippen molar-refractivity contribution in [2.75, 3.05) is 6.61 Å². The molecule has 0 heterocycles. The maximum absolute atomic E-state index is 13.0. The first kappa shape index (κ1) is 19.9. The molecule has 28 heavy (non-hydrogen) atoms. The van der Waals surface area contributed by atoms with Crippen molar-refractivity contribution in [3.63, 3.8) is 0 Å². The number of aryl methyl sites for hydroxylation is 1. The monoisotopic (exact) mass is 382 g/mol. The van der Waals surface area contributed by atoms with Crippen molar-refractivity contribution in [1.29, 1.82) is 0 Å². The number of fused-ring (bicyclic) bond motifs is 1. The van der Waals surface area contributed by atoms with Crippen LogP contribution in [-0.2, 0) is 6.42 Å². The van der Waals surface area contributed by atoms with E-state index in [1.165, 1.54) is 5.56 Å². The summed E-state index contributed by atoms with van der Waals surface area (Å²) in [5.74, 6) is 0.379. The van der Waals surface area contributed by atoms with Crippen LogP contribution in [0.2, 0.25) is 0 Å². The molecule has 0 N–H and O–H groups in total. The van der Waals surface area contributed by atoms with Gasteiger partial charge in [0.1, 0.15) is 6.61 Å². The summed E-state index contributed by atoms with van der Waals surface area (Å²) in [4.78, 5) is 0. The molecule has 3 aromatic carbocycles. The van der Waals surface area contributed by atoms with Gasteiger partial charge in [0.15, 0.2) is 11.5 Å². The van der Waals surface area contributed by atoms with E-state index in [0.717, 1.165) is 29.4 Å². The van der Waals surface area contributed by atoms with Crippen molar-refractivity contribution >= 4 is 10.8 Å². The molecule has 0 fully saturated rings. The summed E-state index contributed by atoms with van der Waals surface area (Å²) >= 11 is 0. The van der Waals surface area contributed by atoms with E-state index < -0.39 is 6.61 Å². The van der Waals surface area contributed by atoms with E-state index in [1.54, 1.807) is 6.07 Å². The van der Waals surface area contributed by atoms with E-state index in [4.69, 9.17) is 9.47 Å². The molecule has 0 aliphatic heterocycles. The fraction of sp³-hybridized carbons (Fsp3) is 0.250. The summed E-state index contributed by atoms with van der Waals surface area (Å²) in [6.07, 6.45) is 5.82. The van der Waals surface area contributed by atoms with E-state index in [2.05, 4.69) is 31.2 Å². The van der Waals surface area contributed by atoms with Crippen LogP contribution in [0.4, 0.5) is 8.78 Å². The predicted molar refractivity (Wildman–Crippen MR) is 110 cm³/mol. The first-order valence-corrected chi connectivity index (χ1v) is 9.47. The Hall–Kier alpha value is -2.88. The maximum Gasteiger partial charge on any atom is 0.387 e. The van der Waals surface area contributed by atoms with Gasteiger partial charge in [-0.3, -0.25) is 0 Å². The number of hydrogen-bond donors (Lipinski definition) is 0. The molecule has 0 radical (unpaired) electrons. The summed E-state index contributed by atoms with van der Waals surface area (Å²) in [6, 6.07) is 17.7. The molecule has 3 aromatic rings. The van der Waals surface area contributed by atoms with Crippen LogP contribution in [0.3, 0.4) is 0 Å². The Morgan fingerprint density at radius 1 is 0.964 bits per heavy atom. The van der Waals surface area contributed by atoms with Gasteiger partial charge in [-0.1, -0.05) is 61.9 Å². The van der Waals surface area contributed by atoms with Gasteiger partial charge in [0.25, 0.3) is 0 Å². The molecular weight excluding hydrogens is 358 g/mol. The minimum Gasteiger partial charge on any atom is -0.486 e. The third kappa shape index (κ3) is 4.69. The number of benzene rings is 3. The quantitative estimate of drug-likeness (QED) is 0.390. The highest BCUT2D eigenvalue weighted by Crippen LogP contribution is 2.38. The number of allylic oxidation sites excluding steroid dienone is 1. The predicted octanol–water partition coefficient (Wildman–Crippen LogP) is 7.02. The Balaban J connectivity index is 1.98. The molecule has 0 bridgehead atoms. The van der Waals surface area contributed by atoms with Crippen molar-refractivity contribution in [2.45, 2.75) is 33.3 Å². The lowest BCUT2D eigenvalue weighted by atomic mass is 9.99. The third-order valence-corrected chi connectivity index (χ3v) is 4.54. The lowest BCUT2D eigenvalue weighted by molar-refractivity contribution is -0.0502. The van der Waals surface area contributed by atoms with Gasteiger partial charge in [0.05, 0.1) is 0 Å². The molecule has 3 rings (SSSR count). The molecule has 0 aliphatic rings. The van der Waals surface area contributed by atoms with Gasteiger partial charge in [-0.15, -0.1) is 0 Å². The average molecular weight is 382 g/mol. The highest BCUT2D eigenvalue weighted by Gasteiger charge is 2.15. The van der Waals surface area contributed by atoms with E-state index in [1.807, 2.05) is 43.3 Å². The molecule has 4 heteroatoms. The van der Waals surface area contributed by atoms with E-state index in [9.17, 15) is 8.78 Å². The fourth-order valence-corrected chi connectivity index (χ4v) is 3.17. The maximum atomic E-state index is 13.0. The zero-order valence-corrected chi connectivity index (χ0v) is 16.1.